The van der Waals surface area contributed by atoms with Crippen molar-refractivity contribution in [2.75, 3.05) is 19.6 Å². The standard InChI is InChI=1S/C28H40F2N4O3S/c1-27(2,3)26-32-23-15-22(8-9-24(23)33(26)17-20-10-12-28(29,30)13-11-20)38(36,37)34(18-19-6-7-19)25(35)21-5-4-14-31-16-21/h8-9,15,19-21,31H,4-7,10-14,16-18H2,1-3H3/t21-/m0/s1. The molecular formula is C28H40F2N4O3S. The maximum Gasteiger partial charge on any atom is 0.266 e. The van der Waals surface area contributed by atoms with Crippen molar-refractivity contribution in [3.8, 4) is 0 Å². The molecule has 0 radical (unpaired) electrons. The van der Waals surface area contributed by atoms with Crippen LogP contribution in [0.5, 0.6) is 0 Å². The summed E-state index contributed by atoms with van der Waals surface area (Å²) in [7, 11) is -4.05. The Hall–Kier alpha value is -2.07. The van der Waals surface area contributed by atoms with Gasteiger partial charge >= 0.3 is 0 Å². The first-order chi connectivity index (χ1) is 17.8. The Morgan fingerprint density at radius 3 is 2.45 bits per heavy atom. The fraction of sp³-hybridized carbons (Fsp3) is 0.714. The lowest BCUT2D eigenvalue weighted by molar-refractivity contribution is -0.131. The van der Waals surface area contributed by atoms with Gasteiger partial charge in [-0.15, -0.1) is 0 Å². The Labute approximate surface area is 224 Å². The molecule has 0 spiro atoms. The molecule has 0 unspecified atom stereocenters. The van der Waals surface area contributed by atoms with Gasteiger partial charge in [0.2, 0.25) is 11.8 Å². The fourth-order valence-electron chi connectivity index (χ4n) is 5.80. The van der Waals surface area contributed by atoms with Crippen molar-refractivity contribution in [1.29, 1.82) is 0 Å². The molecule has 1 amide bonds. The van der Waals surface area contributed by atoms with E-state index in [4.69, 9.17) is 4.98 Å². The molecule has 5 rings (SSSR count). The van der Waals surface area contributed by atoms with Gasteiger partial charge in [-0.25, -0.2) is 26.5 Å². The summed E-state index contributed by atoms with van der Waals surface area (Å²) in [5.41, 5.74) is 1.02. The summed E-state index contributed by atoms with van der Waals surface area (Å²) in [4.78, 5) is 18.4. The van der Waals surface area contributed by atoms with Crippen LogP contribution >= 0.6 is 0 Å². The monoisotopic (exact) mass is 550 g/mol. The molecule has 1 aromatic heterocycles. The van der Waals surface area contributed by atoms with Crippen LogP contribution in [-0.2, 0) is 26.8 Å². The molecule has 38 heavy (non-hydrogen) atoms. The minimum absolute atomic E-state index is 0.0742. The molecule has 3 fully saturated rings. The van der Waals surface area contributed by atoms with Crippen molar-refractivity contribution in [1.82, 2.24) is 19.2 Å². The maximum absolute atomic E-state index is 13.9. The molecule has 2 aromatic rings. The average molecular weight is 551 g/mol. The third-order valence-corrected chi connectivity index (χ3v) is 10.0. The third kappa shape index (κ3) is 5.76. The van der Waals surface area contributed by atoms with Crippen LogP contribution in [0, 0.1) is 17.8 Å². The van der Waals surface area contributed by atoms with E-state index in [0.29, 0.717) is 37.9 Å². The second-order valence-electron chi connectivity index (χ2n) is 12.6. The van der Waals surface area contributed by atoms with E-state index in [0.717, 1.165) is 41.5 Å². The number of piperidine rings is 1. The van der Waals surface area contributed by atoms with E-state index in [1.807, 2.05) is 20.8 Å². The zero-order valence-electron chi connectivity index (χ0n) is 22.7. The Bertz CT molecular complexity index is 1280. The second kappa shape index (κ2) is 10.2. The average Bonchev–Trinajstić information content (AvgIpc) is 3.62. The highest BCUT2D eigenvalue weighted by Crippen LogP contribution is 2.39. The molecule has 7 nitrogen and oxygen atoms in total. The lowest BCUT2D eigenvalue weighted by atomic mass is 9.86. The van der Waals surface area contributed by atoms with Gasteiger partial charge in [0.05, 0.1) is 21.8 Å². The lowest BCUT2D eigenvalue weighted by Crippen LogP contribution is -2.46. The largest absolute Gasteiger partial charge is 0.327 e. The van der Waals surface area contributed by atoms with Crippen LogP contribution in [-0.4, -0.2) is 53.7 Å². The van der Waals surface area contributed by atoms with Crippen LogP contribution in [0.25, 0.3) is 11.0 Å². The van der Waals surface area contributed by atoms with Gasteiger partial charge in [0.15, 0.2) is 0 Å². The summed E-state index contributed by atoms with van der Waals surface area (Å²) in [6.45, 7) is 8.29. The summed E-state index contributed by atoms with van der Waals surface area (Å²) >= 11 is 0. The third-order valence-electron chi connectivity index (χ3n) is 8.27. The minimum Gasteiger partial charge on any atom is -0.327 e. The van der Waals surface area contributed by atoms with Gasteiger partial charge in [-0.1, -0.05) is 20.8 Å². The number of nitrogens with one attached hydrogen (secondary N) is 1. The number of carbonyl (C=O) groups is 1. The van der Waals surface area contributed by atoms with Crippen molar-refractivity contribution in [2.24, 2.45) is 17.8 Å². The first kappa shape index (κ1) is 27.5. The Morgan fingerprint density at radius 1 is 1.13 bits per heavy atom. The number of carbonyl (C=O) groups excluding carboxylic acids is 1. The van der Waals surface area contributed by atoms with E-state index < -0.39 is 15.9 Å². The molecule has 1 saturated heterocycles. The molecular weight excluding hydrogens is 510 g/mol. The molecule has 1 atom stereocenters. The van der Waals surface area contributed by atoms with Gasteiger partial charge in [-0.05, 0) is 75.1 Å². The van der Waals surface area contributed by atoms with Crippen LogP contribution < -0.4 is 5.32 Å². The highest BCUT2D eigenvalue weighted by atomic mass is 32.2. The maximum atomic E-state index is 13.9. The molecule has 10 heteroatoms. The number of fused-ring (bicyclic) bond motifs is 1. The molecule has 3 aliphatic rings. The molecule has 1 N–H and O–H groups in total. The quantitative estimate of drug-likeness (QED) is 0.520. The molecule has 2 heterocycles. The van der Waals surface area contributed by atoms with Gasteiger partial charge in [-0.3, -0.25) is 4.79 Å². The van der Waals surface area contributed by atoms with Gasteiger partial charge < -0.3 is 9.88 Å². The number of hydrogen-bond donors (Lipinski definition) is 1. The number of benzene rings is 1. The van der Waals surface area contributed by atoms with Crippen molar-refractivity contribution in [2.45, 2.75) is 94.9 Å². The predicted octanol–water partition coefficient (Wildman–Crippen LogP) is 5.09. The van der Waals surface area contributed by atoms with Crippen LogP contribution in [0.3, 0.4) is 0 Å². The second-order valence-corrected chi connectivity index (χ2v) is 14.5. The van der Waals surface area contributed by atoms with E-state index in [2.05, 4.69) is 9.88 Å². The topological polar surface area (TPSA) is 84.3 Å². The van der Waals surface area contributed by atoms with Gasteiger partial charge in [-0.2, -0.15) is 0 Å². The van der Waals surface area contributed by atoms with Gasteiger partial charge in [0.1, 0.15) is 5.82 Å². The summed E-state index contributed by atoms with van der Waals surface area (Å²) < 4.78 is 58.4. The fourth-order valence-corrected chi connectivity index (χ4v) is 7.35. The number of imidazole rings is 1. The highest BCUT2D eigenvalue weighted by molar-refractivity contribution is 7.89. The van der Waals surface area contributed by atoms with Crippen LogP contribution in [0.1, 0.15) is 78.0 Å². The van der Waals surface area contributed by atoms with E-state index >= 15 is 0 Å². The molecule has 1 aromatic carbocycles. The zero-order chi connectivity index (χ0) is 27.3. The summed E-state index contributed by atoms with van der Waals surface area (Å²) in [6.07, 6.45) is 4.13. The first-order valence-electron chi connectivity index (χ1n) is 14.0. The SMILES string of the molecule is CC(C)(C)c1nc2cc(S(=O)(=O)N(CC3CC3)C(=O)[C@H]3CCCNC3)ccc2n1CC1CCC(F)(F)CC1. The lowest BCUT2D eigenvalue weighted by Gasteiger charge is -2.30. The Kier molecular flexibility index (Phi) is 7.35. The number of rotatable bonds is 7. The zero-order valence-corrected chi connectivity index (χ0v) is 23.5. The molecule has 1 aliphatic heterocycles. The van der Waals surface area contributed by atoms with Crippen molar-refractivity contribution >= 4 is 27.0 Å². The number of aromatic nitrogens is 2. The van der Waals surface area contributed by atoms with Gasteiger partial charge in [0, 0.05) is 37.9 Å². The predicted molar refractivity (Wildman–Crippen MR) is 143 cm³/mol. The molecule has 210 valence electrons. The number of amides is 1. The first-order valence-corrected chi connectivity index (χ1v) is 15.4. The van der Waals surface area contributed by atoms with Crippen molar-refractivity contribution in [3.05, 3.63) is 24.0 Å². The van der Waals surface area contributed by atoms with E-state index in [1.54, 1.807) is 18.2 Å². The van der Waals surface area contributed by atoms with Crippen LogP contribution in [0.2, 0.25) is 0 Å². The Balaban J connectivity index is 1.48. The number of sulfonamides is 1. The number of halogens is 2. The van der Waals surface area contributed by atoms with Crippen LogP contribution in [0.15, 0.2) is 23.1 Å². The van der Waals surface area contributed by atoms with Gasteiger partial charge in [0.25, 0.3) is 10.0 Å². The van der Waals surface area contributed by atoms with Crippen molar-refractivity contribution in [3.63, 3.8) is 0 Å². The Morgan fingerprint density at radius 2 is 1.84 bits per heavy atom. The van der Waals surface area contributed by atoms with Crippen LogP contribution in [0.4, 0.5) is 8.78 Å². The van der Waals surface area contributed by atoms with E-state index in [-0.39, 0.29) is 53.4 Å². The smallest absolute Gasteiger partial charge is 0.266 e. The molecule has 0 bridgehead atoms. The minimum atomic E-state index is -4.05. The number of alkyl halides is 2. The summed E-state index contributed by atoms with van der Waals surface area (Å²) in [5, 5.41) is 3.22. The molecule has 2 aliphatic carbocycles. The van der Waals surface area contributed by atoms with E-state index in [9.17, 15) is 22.0 Å². The van der Waals surface area contributed by atoms with E-state index in [1.165, 1.54) is 0 Å². The normalized spacial score (nSPS) is 23.0. The summed E-state index contributed by atoms with van der Waals surface area (Å²) in [5.74, 6) is -2.09. The number of nitrogens with zero attached hydrogens (tertiary/aromatic N) is 3. The molecule has 2 saturated carbocycles. The highest BCUT2D eigenvalue weighted by Gasteiger charge is 2.39. The summed E-state index contributed by atoms with van der Waals surface area (Å²) in [6, 6.07) is 4.92. The van der Waals surface area contributed by atoms with Crippen molar-refractivity contribution < 1.29 is 22.0 Å². The number of hydrogen-bond acceptors (Lipinski definition) is 5.